The second-order valence-electron chi connectivity index (χ2n) is 8.37. The topological polar surface area (TPSA) is 98.7 Å². The number of rotatable bonds is 7. The summed E-state index contributed by atoms with van der Waals surface area (Å²) in [5, 5.41) is 19.4. The number of nitrogens with two attached hydrogens (primary N) is 1. The van der Waals surface area contributed by atoms with Gasteiger partial charge in [0.15, 0.2) is 0 Å². The Labute approximate surface area is 179 Å². The average molecular weight is 416 g/mol. The van der Waals surface area contributed by atoms with Crippen LogP contribution in [0, 0.1) is 0 Å². The van der Waals surface area contributed by atoms with E-state index in [0.29, 0.717) is 24.3 Å². The van der Waals surface area contributed by atoms with Crippen molar-refractivity contribution in [3.05, 3.63) is 24.0 Å². The molecule has 1 aromatic heterocycles. The summed E-state index contributed by atoms with van der Waals surface area (Å²) >= 11 is 0. The summed E-state index contributed by atoms with van der Waals surface area (Å²) in [6.45, 7) is 7.17. The summed E-state index contributed by atoms with van der Waals surface area (Å²) in [6, 6.07) is 6.41. The molecule has 0 aliphatic heterocycles. The van der Waals surface area contributed by atoms with E-state index in [9.17, 15) is 5.11 Å². The number of aliphatic hydroxyl groups excluding tert-OH is 2. The van der Waals surface area contributed by atoms with Gasteiger partial charge in [-0.1, -0.05) is 13.8 Å². The van der Waals surface area contributed by atoms with Crippen molar-refractivity contribution < 1.29 is 10.2 Å². The minimum absolute atomic E-state index is 0.0603. The van der Waals surface area contributed by atoms with Crippen molar-refractivity contribution in [2.24, 2.45) is 0 Å². The van der Waals surface area contributed by atoms with Crippen LogP contribution in [0.15, 0.2) is 18.2 Å². The van der Waals surface area contributed by atoms with E-state index >= 15 is 0 Å². The van der Waals surface area contributed by atoms with Gasteiger partial charge in [-0.2, -0.15) is 0 Å². The van der Waals surface area contributed by atoms with E-state index in [1.54, 1.807) is 0 Å². The molecule has 1 heterocycles. The first kappa shape index (κ1) is 22.7. The zero-order chi connectivity index (χ0) is 21.7. The molecule has 2 atom stereocenters. The standard InChI is InChI=1S/C14H18N4O.C9H19NO/c1-18(6-7-19)10-4-5-12-11(8-10)13(15)17-14(16-12)9-2-3-9;1-3-10(4-2)8-6-5-7-9(8)11/h4-5,8-9,19H,2-3,6-7H2,1H3,(H2,15,16,17);8-9,11H,3-7H2,1-2H3. The first-order valence-corrected chi connectivity index (χ1v) is 11.3. The zero-order valence-corrected chi connectivity index (χ0v) is 18.6. The van der Waals surface area contributed by atoms with Crippen LogP contribution in [0.25, 0.3) is 10.9 Å². The van der Waals surface area contributed by atoms with E-state index in [1.807, 2.05) is 30.1 Å². The average Bonchev–Trinajstić information content (AvgIpc) is 3.52. The second-order valence-corrected chi connectivity index (χ2v) is 8.37. The van der Waals surface area contributed by atoms with Gasteiger partial charge in [-0.15, -0.1) is 0 Å². The molecule has 2 aliphatic carbocycles. The quantitative estimate of drug-likeness (QED) is 0.639. The molecular formula is C23H37N5O2. The molecule has 30 heavy (non-hydrogen) atoms. The number of aliphatic hydroxyl groups is 2. The summed E-state index contributed by atoms with van der Waals surface area (Å²) in [4.78, 5) is 13.3. The summed E-state index contributed by atoms with van der Waals surface area (Å²) in [6.07, 6.45) is 5.66. The van der Waals surface area contributed by atoms with Crippen LogP contribution in [0.3, 0.4) is 0 Å². The first-order valence-electron chi connectivity index (χ1n) is 11.3. The van der Waals surface area contributed by atoms with E-state index in [2.05, 4.69) is 28.7 Å². The molecular weight excluding hydrogens is 378 g/mol. The maximum Gasteiger partial charge on any atom is 0.135 e. The molecule has 2 saturated carbocycles. The van der Waals surface area contributed by atoms with Gasteiger partial charge >= 0.3 is 0 Å². The summed E-state index contributed by atoms with van der Waals surface area (Å²) in [5.74, 6) is 1.93. The van der Waals surface area contributed by atoms with Crippen LogP contribution < -0.4 is 10.6 Å². The molecule has 0 radical (unpaired) electrons. The lowest BCUT2D eigenvalue weighted by Gasteiger charge is -2.28. The minimum Gasteiger partial charge on any atom is -0.395 e. The van der Waals surface area contributed by atoms with E-state index in [0.717, 1.165) is 41.9 Å². The van der Waals surface area contributed by atoms with Gasteiger partial charge in [0.05, 0.1) is 18.2 Å². The third-order valence-corrected chi connectivity index (χ3v) is 6.27. The third kappa shape index (κ3) is 5.39. The van der Waals surface area contributed by atoms with Crippen molar-refractivity contribution in [2.75, 3.05) is 43.9 Å². The summed E-state index contributed by atoms with van der Waals surface area (Å²) < 4.78 is 0. The highest BCUT2D eigenvalue weighted by molar-refractivity contribution is 5.90. The van der Waals surface area contributed by atoms with E-state index < -0.39 is 0 Å². The summed E-state index contributed by atoms with van der Waals surface area (Å²) in [5.41, 5.74) is 7.96. The highest BCUT2D eigenvalue weighted by atomic mass is 16.3. The smallest absolute Gasteiger partial charge is 0.135 e. The van der Waals surface area contributed by atoms with Crippen molar-refractivity contribution >= 4 is 22.4 Å². The molecule has 4 N–H and O–H groups in total. The fraction of sp³-hybridized carbons (Fsp3) is 0.652. The fourth-order valence-electron chi connectivity index (χ4n) is 4.24. The lowest BCUT2D eigenvalue weighted by atomic mass is 10.2. The van der Waals surface area contributed by atoms with Gasteiger partial charge in [0, 0.05) is 36.6 Å². The van der Waals surface area contributed by atoms with Crippen LogP contribution in [0.5, 0.6) is 0 Å². The van der Waals surface area contributed by atoms with Crippen LogP contribution in [0.1, 0.15) is 57.7 Å². The fourth-order valence-corrected chi connectivity index (χ4v) is 4.24. The number of fused-ring (bicyclic) bond motifs is 1. The largest absolute Gasteiger partial charge is 0.395 e. The van der Waals surface area contributed by atoms with Gasteiger partial charge < -0.3 is 20.8 Å². The molecule has 2 aliphatic rings. The van der Waals surface area contributed by atoms with Crippen molar-refractivity contribution in [1.82, 2.24) is 14.9 Å². The van der Waals surface area contributed by atoms with Gasteiger partial charge in [0.1, 0.15) is 11.6 Å². The molecule has 7 nitrogen and oxygen atoms in total. The highest BCUT2D eigenvalue weighted by Gasteiger charge is 2.29. The van der Waals surface area contributed by atoms with Gasteiger partial charge in [-0.05, 0) is 63.4 Å². The van der Waals surface area contributed by atoms with Gasteiger partial charge in [-0.25, -0.2) is 9.97 Å². The second kappa shape index (κ2) is 10.4. The van der Waals surface area contributed by atoms with E-state index in [4.69, 9.17) is 10.8 Å². The molecule has 2 aromatic rings. The van der Waals surface area contributed by atoms with Gasteiger partial charge in [0.2, 0.25) is 0 Å². The van der Waals surface area contributed by atoms with Crippen molar-refractivity contribution in [3.8, 4) is 0 Å². The summed E-state index contributed by atoms with van der Waals surface area (Å²) in [7, 11) is 1.94. The van der Waals surface area contributed by atoms with E-state index in [-0.39, 0.29) is 12.7 Å². The number of nitrogen functional groups attached to an aromatic ring is 1. The van der Waals surface area contributed by atoms with Crippen LogP contribution in [0.2, 0.25) is 0 Å². The van der Waals surface area contributed by atoms with Crippen LogP contribution >= 0.6 is 0 Å². The van der Waals surface area contributed by atoms with Crippen molar-refractivity contribution in [3.63, 3.8) is 0 Å². The molecule has 4 rings (SSSR count). The Morgan fingerprint density at radius 2 is 1.83 bits per heavy atom. The van der Waals surface area contributed by atoms with Crippen LogP contribution in [0.4, 0.5) is 11.5 Å². The first-order chi connectivity index (χ1) is 14.5. The van der Waals surface area contributed by atoms with Gasteiger partial charge in [-0.3, -0.25) is 4.90 Å². The number of likely N-dealkylation sites (N-methyl/N-ethyl adjacent to an activating group) is 2. The molecule has 0 saturated heterocycles. The number of hydrogen-bond acceptors (Lipinski definition) is 7. The Bertz CT molecular complexity index is 823. The number of aromatic nitrogens is 2. The maximum atomic E-state index is 9.58. The Kier molecular flexibility index (Phi) is 7.86. The number of nitrogens with zero attached hydrogens (tertiary/aromatic N) is 4. The molecule has 0 bridgehead atoms. The van der Waals surface area contributed by atoms with Crippen molar-refractivity contribution in [2.45, 2.75) is 64.0 Å². The van der Waals surface area contributed by atoms with Gasteiger partial charge in [0.25, 0.3) is 0 Å². The normalized spacial score (nSPS) is 21.0. The number of hydrogen-bond donors (Lipinski definition) is 3. The molecule has 7 heteroatoms. The molecule has 2 fully saturated rings. The van der Waals surface area contributed by atoms with Crippen LogP contribution in [-0.4, -0.2) is 70.5 Å². The Morgan fingerprint density at radius 1 is 1.10 bits per heavy atom. The molecule has 1 aromatic carbocycles. The number of anilines is 2. The monoisotopic (exact) mass is 415 g/mol. The Hall–Kier alpha value is -1.96. The molecule has 2 unspecified atom stereocenters. The zero-order valence-electron chi connectivity index (χ0n) is 18.6. The van der Waals surface area contributed by atoms with E-state index in [1.165, 1.54) is 25.7 Å². The maximum absolute atomic E-state index is 9.58. The number of benzene rings is 1. The molecule has 166 valence electrons. The lowest BCUT2D eigenvalue weighted by Crippen LogP contribution is -2.39. The molecule has 0 amide bonds. The molecule has 0 spiro atoms. The Morgan fingerprint density at radius 3 is 2.40 bits per heavy atom. The Balaban J connectivity index is 0.000000199. The van der Waals surface area contributed by atoms with Crippen LogP contribution in [-0.2, 0) is 0 Å². The highest BCUT2D eigenvalue weighted by Crippen LogP contribution is 2.39. The minimum atomic E-state index is -0.0603. The SMILES string of the molecule is CCN(CC)C1CCCC1O.CN(CCO)c1ccc2nc(C3CC3)nc(N)c2c1. The lowest BCUT2D eigenvalue weighted by molar-refractivity contribution is 0.0771. The third-order valence-electron chi connectivity index (χ3n) is 6.27. The predicted molar refractivity (Wildman–Crippen MR) is 123 cm³/mol. The van der Waals surface area contributed by atoms with Crippen molar-refractivity contribution in [1.29, 1.82) is 0 Å². The predicted octanol–water partition coefficient (Wildman–Crippen LogP) is 2.76.